The topological polar surface area (TPSA) is 91.6 Å². The van der Waals surface area contributed by atoms with Gasteiger partial charge in [0.05, 0.1) is 24.4 Å². The first-order chi connectivity index (χ1) is 14.1. The highest BCUT2D eigenvalue weighted by molar-refractivity contribution is 7.17. The zero-order chi connectivity index (χ0) is 20.4. The number of thiophene rings is 1. The van der Waals surface area contributed by atoms with Crippen LogP contribution >= 0.6 is 11.3 Å². The van der Waals surface area contributed by atoms with Crippen molar-refractivity contribution < 1.29 is 14.3 Å². The van der Waals surface area contributed by atoms with Crippen LogP contribution in [-0.4, -0.2) is 41.4 Å². The Hall–Kier alpha value is -2.91. The van der Waals surface area contributed by atoms with E-state index in [1.54, 1.807) is 35.7 Å². The molecule has 1 aliphatic heterocycles. The normalized spacial score (nSPS) is 16.2. The lowest BCUT2D eigenvalue weighted by Crippen LogP contribution is -2.42. The van der Waals surface area contributed by atoms with Gasteiger partial charge in [0.25, 0.3) is 5.56 Å². The van der Waals surface area contributed by atoms with Crippen molar-refractivity contribution in [1.29, 1.82) is 0 Å². The van der Waals surface area contributed by atoms with Gasteiger partial charge in [-0.2, -0.15) is 0 Å². The molecule has 0 spiro atoms. The Morgan fingerprint density at radius 3 is 2.97 bits per heavy atom. The van der Waals surface area contributed by atoms with Crippen LogP contribution in [0.3, 0.4) is 0 Å². The summed E-state index contributed by atoms with van der Waals surface area (Å²) in [5.74, 6) is 0.229. The maximum atomic E-state index is 13.2. The Kier molecular flexibility index (Phi) is 5.50. The quantitative estimate of drug-likeness (QED) is 0.659. The molecule has 0 unspecified atom stereocenters. The summed E-state index contributed by atoms with van der Waals surface area (Å²) in [4.78, 5) is 38.6. The number of nitrogens with one attached hydrogen (secondary N) is 1. The Labute approximate surface area is 170 Å². The largest absolute Gasteiger partial charge is 0.497 e. The van der Waals surface area contributed by atoms with Crippen molar-refractivity contribution in [1.82, 2.24) is 14.5 Å². The molecule has 0 saturated carbocycles. The molecule has 1 amide bonds. The molecule has 4 rings (SSSR count). The summed E-state index contributed by atoms with van der Waals surface area (Å²) in [6.07, 6.45) is 1.92. The smallest absolute Gasteiger partial charge is 0.336 e. The van der Waals surface area contributed by atoms with Crippen molar-refractivity contribution in [3.63, 3.8) is 0 Å². The zero-order valence-corrected chi connectivity index (χ0v) is 16.7. The van der Waals surface area contributed by atoms with Crippen LogP contribution in [0.25, 0.3) is 15.9 Å². The third kappa shape index (κ3) is 3.83. The summed E-state index contributed by atoms with van der Waals surface area (Å²) in [6, 6.07) is 8.40. The zero-order valence-electron chi connectivity index (χ0n) is 15.9. The molecule has 0 bridgehead atoms. The molecule has 0 aliphatic carbocycles. The summed E-state index contributed by atoms with van der Waals surface area (Å²) in [5, 5.41) is 4.56. The van der Waals surface area contributed by atoms with Gasteiger partial charge in [0.2, 0.25) is 5.91 Å². The number of ether oxygens (including phenoxy) is 2. The fourth-order valence-electron chi connectivity index (χ4n) is 3.45. The lowest BCUT2D eigenvalue weighted by atomic mass is 10.2. The number of aromatic nitrogens is 2. The minimum Gasteiger partial charge on any atom is -0.497 e. The lowest BCUT2D eigenvalue weighted by Gasteiger charge is -2.14. The number of hydrogen-bond acceptors (Lipinski definition) is 6. The standard InChI is InChI=1S/C20H21N3O5S/c1-27-14-5-2-4-13(10-14)23-19(25)18-16(7-9-29-18)22(20(23)26)12-17(24)21-11-15-6-3-8-28-15/h2,4-5,7,9-10,15H,3,6,8,11-12H2,1H3,(H,21,24)/t15-/m1/s1. The molecular formula is C20H21N3O5S. The Balaban J connectivity index is 1.71. The molecule has 1 atom stereocenters. The number of benzene rings is 1. The molecule has 1 saturated heterocycles. The SMILES string of the molecule is COc1cccc(-n2c(=O)c3sccc3n(CC(=O)NC[C@H]3CCCO3)c2=O)c1. The van der Waals surface area contributed by atoms with E-state index >= 15 is 0 Å². The number of hydrogen-bond donors (Lipinski definition) is 1. The summed E-state index contributed by atoms with van der Waals surface area (Å²) in [7, 11) is 1.51. The van der Waals surface area contributed by atoms with Crippen molar-refractivity contribution in [2.75, 3.05) is 20.3 Å². The van der Waals surface area contributed by atoms with Gasteiger partial charge in [-0.15, -0.1) is 11.3 Å². The van der Waals surface area contributed by atoms with Gasteiger partial charge in [-0.25, -0.2) is 9.36 Å². The first-order valence-electron chi connectivity index (χ1n) is 9.34. The Bertz CT molecular complexity index is 1160. The van der Waals surface area contributed by atoms with Crippen LogP contribution in [0.1, 0.15) is 12.8 Å². The average molecular weight is 415 g/mol. The third-order valence-corrected chi connectivity index (χ3v) is 5.81. The highest BCUT2D eigenvalue weighted by Gasteiger charge is 2.19. The van der Waals surface area contributed by atoms with Crippen LogP contribution in [0, 0.1) is 0 Å². The van der Waals surface area contributed by atoms with Crippen LogP contribution in [0.5, 0.6) is 5.75 Å². The third-order valence-electron chi connectivity index (χ3n) is 4.92. The van der Waals surface area contributed by atoms with Crippen LogP contribution in [0.2, 0.25) is 0 Å². The maximum Gasteiger partial charge on any atom is 0.336 e. The van der Waals surface area contributed by atoms with E-state index in [0.717, 1.165) is 17.4 Å². The summed E-state index contributed by atoms with van der Waals surface area (Å²) < 4.78 is 13.5. The second kappa shape index (κ2) is 8.22. The van der Waals surface area contributed by atoms with Crippen LogP contribution in [-0.2, 0) is 16.1 Å². The van der Waals surface area contributed by atoms with Crippen LogP contribution in [0.4, 0.5) is 0 Å². The van der Waals surface area contributed by atoms with Crippen molar-refractivity contribution in [3.05, 3.63) is 56.5 Å². The van der Waals surface area contributed by atoms with Gasteiger partial charge in [0.1, 0.15) is 17.0 Å². The van der Waals surface area contributed by atoms with E-state index < -0.39 is 11.2 Å². The second-order valence-electron chi connectivity index (χ2n) is 6.78. The van der Waals surface area contributed by atoms with E-state index in [0.29, 0.717) is 34.8 Å². The molecular weight excluding hydrogens is 394 g/mol. The predicted octanol–water partition coefficient (Wildman–Crippen LogP) is 1.52. The number of methoxy groups -OCH3 is 1. The van der Waals surface area contributed by atoms with Crippen LogP contribution in [0.15, 0.2) is 45.3 Å². The van der Waals surface area contributed by atoms with Gasteiger partial charge in [-0.3, -0.25) is 14.2 Å². The first-order valence-corrected chi connectivity index (χ1v) is 10.2. The van der Waals surface area contributed by atoms with Gasteiger partial charge in [-0.05, 0) is 36.4 Å². The second-order valence-corrected chi connectivity index (χ2v) is 7.70. The fraction of sp³-hybridized carbons (Fsp3) is 0.350. The number of fused-ring (bicyclic) bond motifs is 1. The molecule has 3 heterocycles. The summed E-state index contributed by atoms with van der Waals surface area (Å²) in [5.41, 5.74) is -0.134. The Morgan fingerprint density at radius 2 is 2.21 bits per heavy atom. The maximum absolute atomic E-state index is 13.2. The fourth-order valence-corrected chi connectivity index (χ4v) is 4.27. The predicted molar refractivity (Wildman–Crippen MR) is 110 cm³/mol. The number of rotatable bonds is 6. The highest BCUT2D eigenvalue weighted by atomic mass is 32.1. The van der Waals surface area contributed by atoms with E-state index in [9.17, 15) is 14.4 Å². The monoisotopic (exact) mass is 415 g/mol. The minimum absolute atomic E-state index is 0.0163. The molecule has 1 aliphatic rings. The van der Waals surface area contributed by atoms with E-state index in [2.05, 4.69) is 5.32 Å². The van der Waals surface area contributed by atoms with Crippen molar-refractivity contribution in [2.45, 2.75) is 25.5 Å². The van der Waals surface area contributed by atoms with E-state index in [4.69, 9.17) is 9.47 Å². The molecule has 8 nitrogen and oxygen atoms in total. The Morgan fingerprint density at radius 1 is 1.34 bits per heavy atom. The highest BCUT2D eigenvalue weighted by Crippen LogP contribution is 2.18. The molecule has 1 N–H and O–H groups in total. The molecule has 29 heavy (non-hydrogen) atoms. The van der Waals surface area contributed by atoms with E-state index in [1.165, 1.54) is 23.0 Å². The molecule has 9 heteroatoms. The van der Waals surface area contributed by atoms with E-state index in [1.807, 2.05) is 0 Å². The number of nitrogens with zero attached hydrogens (tertiary/aromatic N) is 2. The summed E-state index contributed by atoms with van der Waals surface area (Å²) >= 11 is 1.24. The average Bonchev–Trinajstić information content (AvgIpc) is 3.42. The molecule has 0 radical (unpaired) electrons. The van der Waals surface area contributed by atoms with Gasteiger partial charge in [0, 0.05) is 19.2 Å². The van der Waals surface area contributed by atoms with Gasteiger partial charge < -0.3 is 14.8 Å². The van der Waals surface area contributed by atoms with Crippen LogP contribution < -0.4 is 21.3 Å². The number of carbonyl (C=O) groups is 1. The molecule has 1 fully saturated rings. The molecule has 2 aromatic heterocycles. The van der Waals surface area contributed by atoms with Crippen molar-refractivity contribution in [3.8, 4) is 11.4 Å². The van der Waals surface area contributed by atoms with Crippen molar-refractivity contribution in [2.24, 2.45) is 0 Å². The van der Waals surface area contributed by atoms with Gasteiger partial charge in [0.15, 0.2) is 0 Å². The lowest BCUT2D eigenvalue weighted by molar-refractivity contribution is -0.122. The van der Waals surface area contributed by atoms with E-state index in [-0.39, 0.29) is 18.6 Å². The van der Waals surface area contributed by atoms with Gasteiger partial charge >= 0.3 is 5.69 Å². The minimum atomic E-state index is -0.568. The van der Waals surface area contributed by atoms with Crippen molar-refractivity contribution >= 4 is 27.5 Å². The first kappa shape index (κ1) is 19.4. The number of carbonyl (C=O) groups excluding carboxylic acids is 1. The summed E-state index contributed by atoms with van der Waals surface area (Å²) in [6.45, 7) is 0.944. The molecule has 3 aromatic rings. The molecule has 152 valence electrons. The van der Waals surface area contributed by atoms with Gasteiger partial charge in [-0.1, -0.05) is 6.07 Å². The number of amides is 1. The molecule has 1 aromatic carbocycles.